The van der Waals surface area contributed by atoms with Crippen molar-refractivity contribution < 1.29 is 4.79 Å². The summed E-state index contributed by atoms with van der Waals surface area (Å²) in [6.45, 7) is 1.99. The van der Waals surface area contributed by atoms with E-state index in [1.807, 2.05) is 49.4 Å². The zero-order valence-electron chi connectivity index (χ0n) is 10.3. The van der Waals surface area contributed by atoms with Crippen LogP contribution in [0.1, 0.15) is 30.1 Å². The van der Waals surface area contributed by atoms with Gasteiger partial charge in [-0.25, -0.2) is 0 Å². The average Bonchev–Trinajstić information content (AvgIpc) is 2.40. The van der Waals surface area contributed by atoms with Crippen molar-refractivity contribution in [2.45, 2.75) is 19.8 Å². The fraction of sp³-hybridized carbons (Fsp3) is 0.188. The van der Waals surface area contributed by atoms with Crippen LogP contribution >= 0.6 is 11.6 Å². The second-order valence-electron chi connectivity index (χ2n) is 4.23. The lowest BCUT2D eigenvalue weighted by Crippen LogP contribution is -1.99. The summed E-state index contributed by atoms with van der Waals surface area (Å²) in [6.07, 6.45) is 1.38. The molecule has 0 aliphatic heterocycles. The molecule has 0 heterocycles. The monoisotopic (exact) mass is 258 g/mol. The lowest BCUT2D eigenvalue weighted by Gasteiger charge is -2.07. The Morgan fingerprint density at radius 1 is 1.06 bits per heavy atom. The third kappa shape index (κ3) is 2.80. The summed E-state index contributed by atoms with van der Waals surface area (Å²) in [5.41, 5.74) is 2.75. The van der Waals surface area contributed by atoms with Crippen LogP contribution in [0.5, 0.6) is 0 Å². The normalized spacial score (nSPS) is 10.3. The Morgan fingerprint density at radius 2 is 1.78 bits per heavy atom. The quantitative estimate of drug-likeness (QED) is 0.706. The van der Waals surface area contributed by atoms with Gasteiger partial charge in [-0.15, -0.1) is 0 Å². The molecule has 0 aliphatic carbocycles. The van der Waals surface area contributed by atoms with E-state index < -0.39 is 0 Å². The summed E-state index contributed by atoms with van der Waals surface area (Å²) in [7, 11) is 0. The van der Waals surface area contributed by atoms with Gasteiger partial charge in [0, 0.05) is 12.0 Å². The van der Waals surface area contributed by atoms with Crippen molar-refractivity contribution in [2.24, 2.45) is 0 Å². The first-order valence-electron chi connectivity index (χ1n) is 6.10. The lowest BCUT2D eigenvalue weighted by atomic mass is 10.00. The molecule has 2 aromatic rings. The fourth-order valence-electron chi connectivity index (χ4n) is 1.91. The van der Waals surface area contributed by atoms with Crippen LogP contribution in [-0.4, -0.2) is 5.78 Å². The molecule has 0 unspecified atom stereocenters. The molecule has 0 aromatic heterocycles. The minimum absolute atomic E-state index is 0.111. The molecule has 0 aliphatic rings. The van der Waals surface area contributed by atoms with Gasteiger partial charge in [-0.05, 0) is 29.7 Å². The largest absolute Gasteiger partial charge is 0.294 e. The molecule has 18 heavy (non-hydrogen) atoms. The Labute approximate surface area is 112 Å². The first kappa shape index (κ1) is 12.8. The molecular formula is C16H15ClO. The molecule has 0 fully saturated rings. The number of carbonyl (C=O) groups excluding carboxylic acids is 1. The highest BCUT2D eigenvalue weighted by Crippen LogP contribution is 2.26. The van der Waals surface area contributed by atoms with Gasteiger partial charge in [-0.1, -0.05) is 54.9 Å². The van der Waals surface area contributed by atoms with E-state index in [1.54, 1.807) is 6.07 Å². The number of rotatable bonds is 4. The van der Waals surface area contributed by atoms with Gasteiger partial charge in [0.15, 0.2) is 5.78 Å². The van der Waals surface area contributed by atoms with Gasteiger partial charge in [0.2, 0.25) is 0 Å². The van der Waals surface area contributed by atoms with E-state index in [9.17, 15) is 4.79 Å². The molecule has 2 rings (SSSR count). The maximum absolute atomic E-state index is 12.0. The summed E-state index contributed by atoms with van der Waals surface area (Å²) in [6, 6.07) is 15.6. The van der Waals surface area contributed by atoms with E-state index >= 15 is 0 Å². The summed E-state index contributed by atoms with van der Waals surface area (Å²) in [5.74, 6) is 0.111. The van der Waals surface area contributed by atoms with E-state index in [1.165, 1.54) is 0 Å². The average molecular weight is 259 g/mol. The van der Waals surface area contributed by atoms with E-state index in [-0.39, 0.29) is 5.78 Å². The predicted octanol–water partition coefficient (Wildman–Crippen LogP) is 4.99. The van der Waals surface area contributed by atoms with Crippen molar-refractivity contribution in [3.63, 3.8) is 0 Å². The Morgan fingerprint density at radius 3 is 2.44 bits per heavy atom. The van der Waals surface area contributed by atoms with Gasteiger partial charge in [0.05, 0.1) is 5.02 Å². The van der Waals surface area contributed by atoms with Crippen LogP contribution in [-0.2, 0) is 0 Å². The molecule has 0 saturated carbocycles. The lowest BCUT2D eigenvalue weighted by molar-refractivity contribution is 0.0982. The Balaban J connectivity index is 2.41. The van der Waals surface area contributed by atoms with Gasteiger partial charge in [-0.3, -0.25) is 4.79 Å². The number of carbonyl (C=O) groups is 1. The van der Waals surface area contributed by atoms with Crippen LogP contribution in [0.15, 0.2) is 48.5 Å². The molecule has 0 atom stereocenters. The topological polar surface area (TPSA) is 17.1 Å². The van der Waals surface area contributed by atoms with E-state index in [0.29, 0.717) is 17.0 Å². The molecule has 0 bridgehead atoms. The van der Waals surface area contributed by atoms with Gasteiger partial charge < -0.3 is 0 Å². The number of ketones is 1. The minimum atomic E-state index is 0.111. The second-order valence-corrected chi connectivity index (χ2v) is 4.64. The van der Waals surface area contributed by atoms with Gasteiger partial charge >= 0.3 is 0 Å². The zero-order valence-corrected chi connectivity index (χ0v) is 11.1. The van der Waals surface area contributed by atoms with Crippen molar-refractivity contribution in [3.05, 3.63) is 59.1 Å². The van der Waals surface area contributed by atoms with Gasteiger partial charge in [0.1, 0.15) is 0 Å². The Hall–Kier alpha value is -1.60. The smallest absolute Gasteiger partial charge is 0.164 e. The number of Topliss-reactive ketones (excluding diaryl/α,β-unsaturated/α-hetero) is 1. The fourth-order valence-corrected chi connectivity index (χ4v) is 2.13. The predicted molar refractivity (Wildman–Crippen MR) is 76.1 cm³/mol. The SMILES string of the molecule is CCCC(=O)c1cc(-c2ccccc2)ccc1Cl. The van der Waals surface area contributed by atoms with Crippen molar-refractivity contribution in [2.75, 3.05) is 0 Å². The molecule has 2 aromatic carbocycles. The Bertz CT molecular complexity index is 546. The number of hydrogen-bond donors (Lipinski definition) is 0. The Kier molecular flexibility index (Phi) is 4.16. The molecule has 1 nitrogen and oxygen atoms in total. The molecule has 2 heteroatoms. The number of benzene rings is 2. The molecular weight excluding hydrogens is 244 g/mol. The molecule has 0 radical (unpaired) electrons. The van der Waals surface area contributed by atoms with Gasteiger partial charge in [-0.2, -0.15) is 0 Å². The third-order valence-electron chi connectivity index (χ3n) is 2.85. The van der Waals surface area contributed by atoms with Crippen LogP contribution in [0.4, 0.5) is 0 Å². The first-order valence-corrected chi connectivity index (χ1v) is 6.48. The first-order chi connectivity index (χ1) is 8.72. The number of hydrogen-bond acceptors (Lipinski definition) is 1. The summed E-state index contributed by atoms with van der Waals surface area (Å²) < 4.78 is 0. The van der Waals surface area contributed by atoms with Crippen LogP contribution in [0, 0.1) is 0 Å². The van der Waals surface area contributed by atoms with Crippen LogP contribution in [0.2, 0.25) is 5.02 Å². The summed E-state index contributed by atoms with van der Waals surface area (Å²) >= 11 is 6.09. The van der Waals surface area contributed by atoms with Gasteiger partial charge in [0.25, 0.3) is 0 Å². The van der Waals surface area contributed by atoms with E-state index in [2.05, 4.69) is 0 Å². The van der Waals surface area contributed by atoms with Crippen molar-refractivity contribution in [1.82, 2.24) is 0 Å². The van der Waals surface area contributed by atoms with Crippen molar-refractivity contribution in [3.8, 4) is 11.1 Å². The summed E-state index contributed by atoms with van der Waals surface area (Å²) in [4.78, 5) is 12.0. The van der Waals surface area contributed by atoms with E-state index in [0.717, 1.165) is 17.5 Å². The molecule has 0 saturated heterocycles. The maximum atomic E-state index is 12.0. The van der Waals surface area contributed by atoms with Crippen LogP contribution < -0.4 is 0 Å². The van der Waals surface area contributed by atoms with E-state index in [4.69, 9.17) is 11.6 Å². The zero-order chi connectivity index (χ0) is 13.0. The molecule has 0 N–H and O–H groups in total. The maximum Gasteiger partial charge on any atom is 0.164 e. The van der Waals surface area contributed by atoms with Crippen LogP contribution in [0.25, 0.3) is 11.1 Å². The molecule has 92 valence electrons. The van der Waals surface area contributed by atoms with Crippen molar-refractivity contribution in [1.29, 1.82) is 0 Å². The highest BCUT2D eigenvalue weighted by atomic mass is 35.5. The number of halogens is 1. The second kappa shape index (κ2) is 5.83. The molecule has 0 spiro atoms. The molecule has 0 amide bonds. The minimum Gasteiger partial charge on any atom is -0.294 e. The highest BCUT2D eigenvalue weighted by molar-refractivity contribution is 6.34. The van der Waals surface area contributed by atoms with Crippen LogP contribution in [0.3, 0.4) is 0 Å². The summed E-state index contributed by atoms with van der Waals surface area (Å²) in [5, 5.41) is 0.535. The standard InChI is InChI=1S/C16H15ClO/c1-2-6-16(18)14-11-13(9-10-15(14)17)12-7-4-3-5-8-12/h3-5,7-11H,2,6H2,1H3. The third-order valence-corrected chi connectivity index (χ3v) is 3.18. The highest BCUT2D eigenvalue weighted by Gasteiger charge is 2.10. The van der Waals surface area contributed by atoms with Crippen molar-refractivity contribution >= 4 is 17.4 Å².